The van der Waals surface area contributed by atoms with Gasteiger partial charge in [0.05, 0.1) is 0 Å². The van der Waals surface area contributed by atoms with Gasteiger partial charge in [0.1, 0.15) is 5.75 Å². The average molecular weight is 188 g/mol. The second kappa shape index (κ2) is 6.40. The van der Waals surface area contributed by atoms with E-state index in [0.717, 1.165) is 5.56 Å². The standard InChI is InChI=1S/C8H8F2O.C2H6/c1-6-3-2-4-7(5-6)11-8(9)10;1-2/h2-5,8H,1H3;1-2H3. The summed E-state index contributed by atoms with van der Waals surface area (Å²) in [6, 6.07) is 6.55. The Morgan fingerprint density at radius 1 is 1.23 bits per heavy atom. The van der Waals surface area contributed by atoms with Crippen LogP contribution >= 0.6 is 0 Å². The summed E-state index contributed by atoms with van der Waals surface area (Å²) in [4.78, 5) is 0. The van der Waals surface area contributed by atoms with Crippen LogP contribution in [0.2, 0.25) is 0 Å². The monoisotopic (exact) mass is 188 g/mol. The van der Waals surface area contributed by atoms with Crippen LogP contribution < -0.4 is 4.74 Å². The molecule has 0 N–H and O–H groups in total. The number of ether oxygens (including phenoxy) is 1. The second-order valence-corrected chi connectivity index (χ2v) is 2.20. The van der Waals surface area contributed by atoms with Gasteiger partial charge < -0.3 is 4.74 Å². The SMILES string of the molecule is CC.Cc1cccc(OC(F)F)c1. The lowest BCUT2D eigenvalue weighted by Crippen LogP contribution is -2.01. The van der Waals surface area contributed by atoms with Crippen molar-refractivity contribution in [3.8, 4) is 5.75 Å². The minimum atomic E-state index is -2.74. The molecule has 0 spiro atoms. The summed E-state index contributed by atoms with van der Waals surface area (Å²) in [5.41, 5.74) is 0.906. The Bertz CT molecular complexity index is 236. The molecule has 0 atom stereocenters. The van der Waals surface area contributed by atoms with Gasteiger partial charge in [-0.1, -0.05) is 26.0 Å². The molecule has 1 nitrogen and oxygen atoms in total. The third kappa shape index (κ3) is 5.17. The molecule has 0 saturated carbocycles. The zero-order chi connectivity index (χ0) is 10.3. The van der Waals surface area contributed by atoms with Crippen molar-refractivity contribution in [2.75, 3.05) is 0 Å². The Morgan fingerprint density at radius 3 is 2.31 bits per heavy atom. The van der Waals surface area contributed by atoms with Gasteiger partial charge in [-0.05, 0) is 24.6 Å². The van der Waals surface area contributed by atoms with Crippen LogP contribution in [0, 0.1) is 6.92 Å². The molecule has 0 aromatic heterocycles. The van der Waals surface area contributed by atoms with Gasteiger partial charge in [0, 0.05) is 0 Å². The van der Waals surface area contributed by atoms with Gasteiger partial charge in [0.2, 0.25) is 0 Å². The summed E-state index contributed by atoms with van der Waals surface area (Å²) in [7, 11) is 0. The van der Waals surface area contributed by atoms with E-state index in [1.807, 2.05) is 26.8 Å². The molecule has 0 fully saturated rings. The highest BCUT2D eigenvalue weighted by Crippen LogP contribution is 2.14. The van der Waals surface area contributed by atoms with E-state index in [2.05, 4.69) is 4.74 Å². The number of halogens is 2. The summed E-state index contributed by atoms with van der Waals surface area (Å²) in [6.07, 6.45) is 0. The normalized spacial score (nSPS) is 9.08. The van der Waals surface area contributed by atoms with Crippen LogP contribution in [0.1, 0.15) is 19.4 Å². The van der Waals surface area contributed by atoms with Crippen LogP contribution in [0.5, 0.6) is 5.75 Å². The van der Waals surface area contributed by atoms with E-state index < -0.39 is 6.61 Å². The topological polar surface area (TPSA) is 9.23 Å². The molecule has 1 rings (SSSR count). The van der Waals surface area contributed by atoms with E-state index in [4.69, 9.17) is 0 Å². The van der Waals surface area contributed by atoms with Crippen LogP contribution in [0.3, 0.4) is 0 Å². The van der Waals surface area contributed by atoms with Crippen molar-refractivity contribution >= 4 is 0 Å². The first kappa shape index (κ1) is 11.9. The van der Waals surface area contributed by atoms with Crippen molar-refractivity contribution in [1.82, 2.24) is 0 Å². The number of benzene rings is 1. The Balaban J connectivity index is 0.000000671. The summed E-state index contributed by atoms with van der Waals surface area (Å²) >= 11 is 0. The lowest BCUT2D eigenvalue weighted by molar-refractivity contribution is -0.0498. The molecule has 0 saturated heterocycles. The Morgan fingerprint density at radius 2 is 1.85 bits per heavy atom. The van der Waals surface area contributed by atoms with E-state index in [1.54, 1.807) is 12.1 Å². The molecule has 0 amide bonds. The molecular weight excluding hydrogens is 174 g/mol. The minimum absolute atomic E-state index is 0.208. The fraction of sp³-hybridized carbons (Fsp3) is 0.400. The Hall–Kier alpha value is -1.12. The molecule has 0 aliphatic rings. The zero-order valence-corrected chi connectivity index (χ0v) is 8.05. The van der Waals surface area contributed by atoms with Crippen LogP contribution in [0.4, 0.5) is 8.78 Å². The van der Waals surface area contributed by atoms with Gasteiger partial charge in [-0.15, -0.1) is 0 Å². The highest BCUT2D eigenvalue weighted by molar-refractivity contribution is 5.27. The summed E-state index contributed by atoms with van der Waals surface area (Å²) in [5, 5.41) is 0. The fourth-order valence-electron chi connectivity index (χ4n) is 0.792. The second-order valence-electron chi connectivity index (χ2n) is 2.20. The third-order valence-electron chi connectivity index (χ3n) is 1.21. The molecule has 74 valence electrons. The van der Waals surface area contributed by atoms with Crippen LogP contribution in [0.15, 0.2) is 24.3 Å². The number of hydrogen-bond donors (Lipinski definition) is 0. The summed E-state index contributed by atoms with van der Waals surface area (Å²) in [6.45, 7) is 3.08. The molecule has 1 aromatic rings. The highest BCUT2D eigenvalue weighted by atomic mass is 19.3. The van der Waals surface area contributed by atoms with Crippen molar-refractivity contribution in [2.45, 2.75) is 27.4 Å². The molecule has 0 radical (unpaired) electrons. The quantitative estimate of drug-likeness (QED) is 0.688. The first-order valence-corrected chi connectivity index (χ1v) is 4.20. The largest absolute Gasteiger partial charge is 0.435 e. The van der Waals surface area contributed by atoms with Crippen molar-refractivity contribution in [2.24, 2.45) is 0 Å². The Kier molecular flexibility index (Phi) is 5.85. The van der Waals surface area contributed by atoms with Gasteiger partial charge in [0.25, 0.3) is 0 Å². The maximum absolute atomic E-state index is 11.6. The van der Waals surface area contributed by atoms with Crippen LogP contribution in [-0.2, 0) is 0 Å². The lowest BCUT2D eigenvalue weighted by atomic mass is 10.2. The van der Waals surface area contributed by atoms with Crippen LogP contribution in [0.25, 0.3) is 0 Å². The Labute approximate surface area is 77.3 Å². The maximum Gasteiger partial charge on any atom is 0.387 e. The number of rotatable bonds is 2. The van der Waals surface area contributed by atoms with Crippen molar-refractivity contribution in [1.29, 1.82) is 0 Å². The molecule has 0 bridgehead atoms. The van der Waals surface area contributed by atoms with Crippen molar-refractivity contribution in [3.63, 3.8) is 0 Å². The van der Waals surface area contributed by atoms with E-state index in [9.17, 15) is 8.78 Å². The predicted octanol–water partition coefficient (Wildman–Crippen LogP) is 3.62. The van der Waals surface area contributed by atoms with Crippen LogP contribution in [-0.4, -0.2) is 6.61 Å². The van der Waals surface area contributed by atoms with Gasteiger partial charge >= 0.3 is 6.61 Å². The number of aryl methyl sites for hydroxylation is 1. The van der Waals surface area contributed by atoms with Gasteiger partial charge in [-0.3, -0.25) is 0 Å². The first-order chi connectivity index (χ1) is 6.18. The summed E-state index contributed by atoms with van der Waals surface area (Å²) in [5.74, 6) is 0.208. The average Bonchev–Trinajstić information content (AvgIpc) is 2.06. The molecule has 1 aromatic carbocycles. The van der Waals surface area contributed by atoms with Crippen molar-refractivity contribution < 1.29 is 13.5 Å². The fourth-order valence-corrected chi connectivity index (χ4v) is 0.792. The highest BCUT2D eigenvalue weighted by Gasteiger charge is 2.02. The van der Waals surface area contributed by atoms with E-state index in [0.29, 0.717) is 0 Å². The first-order valence-electron chi connectivity index (χ1n) is 4.20. The van der Waals surface area contributed by atoms with E-state index in [-0.39, 0.29) is 5.75 Å². The van der Waals surface area contributed by atoms with Gasteiger partial charge in [0.15, 0.2) is 0 Å². The molecule has 0 unspecified atom stereocenters. The number of alkyl halides is 2. The number of hydrogen-bond acceptors (Lipinski definition) is 1. The van der Waals surface area contributed by atoms with E-state index >= 15 is 0 Å². The molecular formula is C10H14F2O. The zero-order valence-electron chi connectivity index (χ0n) is 8.05. The smallest absolute Gasteiger partial charge is 0.387 e. The van der Waals surface area contributed by atoms with E-state index in [1.165, 1.54) is 6.07 Å². The minimum Gasteiger partial charge on any atom is -0.435 e. The molecule has 0 aliphatic heterocycles. The lowest BCUT2D eigenvalue weighted by Gasteiger charge is -2.03. The molecule has 0 heterocycles. The molecule has 0 aliphatic carbocycles. The predicted molar refractivity (Wildman–Crippen MR) is 49.2 cm³/mol. The summed E-state index contributed by atoms with van der Waals surface area (Å²) < 4.78 is 27.4. The molecule has 3 heteroatoms. The van der Waals surface area contributed by atoms with Gasteiger partial charge in [-0.2, -0.15) is 8.78 Å². The maximum atomic E-state index is 11.6. The third-order valence-corrected chi connectivity index (χ3v) is 1.21. The van der Waals surface area contributed by atoms with Gasteiger partial charge in [-0.25, -0.2) is 0 Å². The van der Waals surface area contributed by atoms with Crippen molar-refractivity contribution in [3.05, 3.63) is 29.8 Å². The molecule has 13 heavy (non-hydrogen) atoms.